The molecule has 52 valence electrons. The Morgan fingerprint density at radius 3 is 2.60 bits per heavy atom. The first-order valence-electron chi connectivity index (χ1n) is 3.17. The maximum atomic E-state index is 8.44. The van der Waals surface area contributed by atoms with Crippen LogP contribution in [0.4, 0.5) is 0 Å². The minimum absolute atomic E-state index is 0.530. The zero-order valence-electron chi connectivity index (χ0n) is 6.22. The van der Waals surface area contributed by atoms with E-state index < -0.39 is 0 Å². The van der Waals surface area contributed by atoms with E-state index in [-0.39, 0.29) is 0 Å². The number of nitrogens with zero attached hydrogens (tertiary/aromatic N) is 1. The van der Waals surface area contributed by atoms with Crippen LogP contribution in [0.5, 0.6) is 0 Å². The van der Waals surface area contributed by atoms with E-state index >= 15 is 0 Å². The highest BCUT2D eigenvalue weighted by molar-refractivity contribution is 5.40. The Hall–Kier alpha value is -1.29. The molecule has 0 amide bonds. The predicted octanol–water partition coefficient (Wildman–Crippen LogP) is 2.59. The Kier molecular flexibility index (Phi) is 3.99. The van der Waals surface area contributed by atoms with Gasteiger partial charge in [0, 0.05) is 5.57 Å². The molecule has 0 bridgehead atoms. The molecule has 0 N–H and O–H groups in total. The normalized spacial score (nSPS) is 10.2. The lowest BCUT2D eigenvalue weighted by Crippen LogP contribution is -1.81. The van der Waals surface area contributed by atoms with Gasteiger partial charge >= 0.3 is 0 Å². The zero-order chi connectivity index (χ0) is 7.98. The number of hydrogen-bond acceptors (Lipinski definition) is 1. The van der Waals surface area contributed by atoms with E-state index in [4.69, 9.17) is 5.26 Å². The second kappa shape index (κ2) is 4.58. The SMILES string of the molecule is C=C/C=C(/CC)C(=C)C#N. The lowest BCUT2D eigenvalue weighted by molar-refractivity contribution is 1.13. The molecule has 0 fully saturated rings. The quantitative estimate of drug-likeness (QED) is 0.429. The molecule has 0 unspecified atom stereocenters. The monoisotopic (exact) mass is 133 g/mol. The van der Waals surface area contributed by atoms with Gasteiger partial charge in [-0.1, -0.05) is 32.2 Å². The molecule has 0 spiro atoms. The van der Waals surface area contributed by atoms with Gasteiger partial charge in [-0.3, -0.25) is 0 Å². The van der Waals surface area contributed by atoms with Gasteiger partial charge < -0.3 is 0 Å². The van der Waals surface area contributed by atoms with Crippen LogP contribution in [0.15, 0.2) is 36.5 Å². The average molecular weight is 133 g/mol. The summed E-state index contributed by atoms with van der Waals surface area (Å²) in [5, 5.41) is 8.44. The Balaban J connectivity index is 4.39. The Morgan fingerprint density at radius 1 is 1.70 bits per heavy atom. The minimum Gasteiger partial charge on any atom is -0.192 e. The first kappa shape index (κ1) is 8.71. The van der Waals surface area contributed by atoms with Crippen LogP contribution in [0.3, 0.4) is 0 Å². The predicted molar refractivity (Wildman–Crippen MR) is 43.3 cm³/mol. The van der Waals surface area contributed by atoms with E-state index in [1.54, 1.807) is 6.08 Å². The van der Waals surface area contributed by atoms with Gasteiger partial charge in [0.15, 0.2) is 0 Å². The van der Waals surface area contributed by atoms with Crippen molar-refractivity contribution in [2.24, 2.45) is 0 Å². The zero-order valence-corrected chi connectivity index (χ0v) is 6.22. The summed E-state index contributed by atoms with van der Waals surface area (Å²) >= 11 is 0. The molecule has 10 heavy (non-hydrogen) atoms. The molecule has 0 heterocycles. The highest BCUT2D eigenvalue weighted by Gasteiger charge is 1.95. The summed E-state index contributed by atoms with van der Waals surface area (Å²) < 4.78 is 0. The molecule has 0 aromatic heterocycles. The smallest absolute Gasteiger partial charge is 0.0988 e. The largest absolute Gasteiger partial charge is 0.192 e. The second-order valence-electron chi connectivity index (χ2n) is 1.87. The maximum Gasteiger partial charge on any atom is 0.0988 e. The standard InChI is InChI=1S/C9H11N/c1-4-6-9(5-2)8(3)7-10/h4,6H,1,3,5H2,2H3/b9-6-. The van der Waals surface area contributed by atoms with Crippen LogP contribution >= 0.6 is 0 Å². The second-order valence-corrected chi connectivity index (χ2v) is 1.87. The Bertz CT molecular complexity index is 203. The van der Waals surface area contributed by atoms with Gasteiger partial charge in [0.1, 0.15) is 0 Å². The first-order valence-corrected chi connectivity index (χ1v) is 3.17. The van der Waals surface area contributed by atoms with Crippen molar-refractivity contribution in [1.82, 2.24) is 0 Å². The molecule has 1 heteroatoms. The third-order valence-electron chi connectivity index (χ3n) is 1.22. The third kappa shape index (κ3) is 2.32. The molecular formula is C9H11N. The molecule has 1 nitrogen and oxygen atoms in total. The summed E-state index contributed by atoms with van der Waals surface area (Å²) in [4.78, 5) is 0. The molecule has 0 saturated heterocycles. The van der Waals surface area contributed by atoms with Gasteiger partial charge in [-0.2, -0.15) is 5.26 Å². The van der Waals surface area contributed by atoms with Gasteiger partial charge in [-0.25, -0.2) is 0 Å². The number of hydrogen-bond donors (Lipinski definition) is 0. The van der Waals surface area contributed by atoms with Crippen LogP contribution in [-0.4, -0.2) is 0 Å². The molecule has 0 saturated carbocycles. The number of nitriles is 1. The van der Waals surface area contributed by atoms with Crippen molar-refractivity contribution in [3.8, 4) is 6.07 Å². The van der Waals surface area contributed by atoms with Gasteiger partial charge in [-0.05, 0) is 12.0 Å². The van der Waals surface area contributed by atoms with Crippen molar-refractivity contribution in [2.45, 2.75) is 13.3 Å². The van der Waals surface area contributed by atoms with Crippen LogP contribution < -0.4 is 0 Å². The summed E-state index contributed by atoms with van der Waals surface area (Å²) in [6.45, 7) is 9.11. The van der Waals surface area contributed by atoms with Crippen LogP contribution in [0.1, 0.15) is 13.3 Å². The highest BCUT2D eigenvalue weighted by Crippen LogP contribution is 2.09. The fraction of sp³-hybridized carbons (Fsp3) is 0.222. The van der Waals surface area contributed by atoms with Crippen LogP contribution in [0, 0.1) is 11.3 Å². The molecule has 0 aliphatic rings. The summed E-state index contributed by atoms with van der Waals surface area (Å²) in [7, 11) is 0. The highest BCUT2D eigenvalue weighted by atomic mass is 14.2. The molecule has 0 rings (SSSR count). The Morgan fingerprint density at radius 2 is 2.30 bits per heavy atom. The van der Waals surface area contributed by atoms with E-state index in [0.29, 0.717) is 5.57 Å². The lowest BCUT2D eigenvalue weighted by Gasteiger charge is -1.96. The minimum atomic E-state index is 0.530. The van der Waals surface area contributed by atoms with E-state index in [9.17, 15) is 0 Å². The first-order chi connectivity index (χ1) is 4.76. The van der Waals surface area contributed by atoms with Crippen LogP contribution in [-0.2, 0) is 0 Å². The number of rotatable bonds is 3. The summed E-state index contributed by atoms with van der Waals surface area (Å²) in [5.41, 5.74) is 1.49. The van der Waals surface area contributed by atoms with Crippen LogP contribution in [0.25, 0.3) is 0 Å². The Labute approximate surface area is 62.0 Å². The van der Waals surface area contributed by atoms with E-state index in [1.165, 1.54) is 0 Å². The number of allylic oxidation sites excluding steroid dienone is 4. The topological polar surface area (TPSA) is 23.8 Å². The van der Waals surface area contributed by atoms with Crippen molar-refractivity contribution >= 4 is 0 Å². The maximum absolute atomic E-state index is 8.44. The third-order valence-corrected chi connectivity index (χ3v) is 1.22. The van der Waals surface area contributed by atoms with Crippen molar-refractivity contribution in [3.63, 3.8) is 0 Å². The van der Waals surface area contributed by atoms with Gasteiger partial charge in [-0.15, -0.1) is 0 Å². The van der Waals surface area contributed by atoms with Crippen molar-refractivity contribution in [2.75, 3.05) is 0 Å². The molecule has 0 aliphatic carbocycles. The molecule has 0 aromatic carbocycles. The molecule has 0 radical (unpaired) electrons. The molecule has 0 aliphatic heterocycles. The van der Waals surface area contributed by atoms with Crippen molar-refractivity contribution in [1.29, 1.82) is 5.26 Å². The fourth-order valence-electron chi connectivity index (χ4n) is 0.646. The lowest BCUT2D eigenvalue weighted by atomic mass is 10.1. The molecule has 0 atom stereocenters. The van der Waals surface area contributed by atoms with Crippen molar-refractivity contribution < 1.29 is 0 Å². The van der Waals surface area contributed by atoms with Gasteiger partial charge in [0.05, 0.1) is 6.07 Å². The summed E-state index contributed by atoms with van der Waals surface area (Å²) in [6.07, 6.45) is 4.31. The van der Waals surface area contributed by atoms with E-state index in [0.717, 1.165) is 12.0 Å². The average Bonchev–Trinajstić information content (AvgIpc) is 1.99. The van der Waals surface area contributed by atoms with E-state index in [1.807, 2.05) is 19.1 Å². The summed E-state index contributed by atoms with van der Waals surface area (Å²) in [5.74, 6) is 0. The van der Waals surface area contributed by atoms with Gasteiger partial charge in [0.2, 0.25) is 0 Å². The van der Waals surface area contributed by atoms with E-state index in [2.05, 4.69) is 13.2 Å². The molecular weight excluding hydrogens is 122 g/mol. The van der Waals surface area contributed by atoms with Crippen LogP contribution in [0.2, 0.25) is 0 Å². The van der Waals surface area contributed by atoms with Crippen molar-refractivity contribution in [3.05, 3.63) is 36.5 Å². The fourth-order valence-corrected chi connectivity index (χ4v) is 0.646. The van der Waals surface area contributed by atoms with Gasteiger partial charge in [0.25, 0.3) is 0 Å². The molecule has 0 aromatic rings. The summed E-state index contributed by atoms with van der Waals surface area (Å²) in [6, 6.07) is 1.99.